The van der Waals surface area contributed by atoms with E-state index < -0.39 is 0 Å². The van der Waals surface area contributed by atoms with Crippen molar-refractivity contribution < 1.29 is 0 Å². The van der Waals surface area contributed by atoms with Crippen LogP contribution in [0.4, 0.5) is 0 Å². The van der Waals surface area contributed by atoms with E-state index in [1.165, 1.54) is 0 Å². The van der Waals surface area contributed by atoms with E-state index in [0.29, 0.717) is 23.0 Å². The zero-order chi connectivity index (χ0) is 28.9. The summed E-state index contributed by atoms with van der Waals surface area (Å²) in [5.74, 6) is 1.82. The summed E-state index contributed by atoms with van der Waals surface area (Å²) in [4.78, 5) is 19.4. The van der Waals surface area contributed by atoms with Crippen LogP contribution in [-0.4, -0.2) is 19.9 Å². The maximum Gasteiger partial charge on any atom is 0.164 e. The third-order valence-corrected chi connectivity index (χ3v) is 6.94. The molecule has 0 amide bonds. The largest absolute Gasteiger partial charge is 0.247 e. The van der Waals surface area contributed by atoms with Gasteiger partial charge in [0.05, 0.1) is 23.0 Å². The number of aromatic nitrogens is 4. The van der Waals surface area contributed by atoms with Crippen LogP contribution in [0.1, 0.15) is 16.8 Å². The van der Waals surface area contributed by atoms with Crippen molar-refractivity contribution in [3.8, 4) is 62.6 Å². The number of nitrogens with zero attached hydrogens (tertiary/aromatic N) is 5. The fourth-order valence-corrected chi connectivity index (χ4v) is 4.75. The van der Waals surface area contributed by atoms with Crippen LogP contribution in [0.15, 0.2) is 128 Å². The Morgan fingerprint density at radius 3 is 1.48 bits per heavy atom. The third kappa shape index (κ3) is 5.25. The number of benzene rings is 4. The number of nitriles is 1. The predicted octanol–water partition coefficient (Wildman–Crippen LogP) is 8.76. The smallest absolute Gasteiger partial charge is 0.164 e. The molecule has 6 rings (SSSR count). The molecule has 0 radical (unpaired) electrons. The highest BCUT2D eigenvalue weighted by Crippen LogP contribution is 2.34. The quantitative estimate of drug-likeness (QED) is 0.203. The van der Waals surface area contributed by atoms with E-state index in [2.05, 4.69) is 25.3 Å². The number of pyridine rings is 1. The lowest BCUT2D eigenvalue weighted by Gasteiger charge is -2.14. The molecule has 4 aromatic carbocycles. The van der Waals surface area contributed by atoms with Crippen molar-refractivity contribution in [2.45, 2.75) is 0 Å². The van der Waals surface area contributed by atoms with Crippen LogP contribution in [0.3, 0.4) is 0 Å². The van der Waals surface area contributed by atoms with Gasteiger partial charge in [-0.2, -0.15) is 5.26 Å². The van der Waals surface area contributed by atoms with E-state index >= 15 is 0 Å². The van der Waals surface area contributed by atoms with Gasteiger partial charge < -0.3 is 0 Å². The average molecular weight is 540 g/mol. The molecule has 0 unspecified atom stereocenters. The molecule has 0 aliphatic heterocycles. The number of hydrogen-bond acceptors (Lipinski definition) is 5. The van der Waals surface area contributed by atoms with Crippen LogP contribution < -0.4 is 0 Å². The molecule has 0 aliphatic carbocycles. The molecule has 0 fully saturated rings. The first-order chi connectivity index (χ1) is 20.7. The molecule has 0 saturated heterocycles. The van der Waals surface area contributed by atoms with Gasteiger partial charge in [0.25, 0.3) is 0 Å². The fraction of sp³-hybridized carbons (Fsp3) is 0. The van der Waals surface area contributed by atoms with Crippen molar-refractivity contribution in [2.75, 3.05) is 0 Å². The first-order valence-corrected chi connectivity index (χ1v) is 13.4. The Bertz CT molecular complexity index is 1880. The minimum Gasteiger partial charge on any atom is -0.247 e. The molecule has 0 saturated carbocycles. The second-order valence-electron chi connectivity index (χ2n) is 9.57. The van der Waals surface area contributed by atoms with E-state index in [4.69, 9.17) is 19.9 Å². The molecule has 6 aromatic rings. The maximum atomic E-state index is 9.27. The van der Waals surface area contributed by atoms with Crippen molar-refractivity contribution >= 4 is 12.2 Å². The van der Waals surface area contributed by atoms with Crippen LogP contribution in [-0.2, 0) is 0 Å². The Balaban J connectivity index is 1.46. The molecule has 0 bridgehead atoms. The number of rotatable bonds is 7. The van der Waals surface area contributed by atoms with Gasteiger partial charge >= 0.3 is 0 Å². The summed E-state index contributed by atoms with van der Waals surface area (Å²) in [6.07, 6.45) is 3.51. The van der Waals surface area contributed by atoms with E-state index in [1.54, 1.807) is 12.2 Å². The molecule has 5 heteroatoms. The SMILES string of the molecule is C=Cc1cc(-c2ccc(C#N)cc2)c(-c2ccc(-c3nc(-c4ccccc4)nc(-c4ccccc4)n3)cc2)nc1C=C. The van der Waals surface area contributed by atoms with Gasteiger partial charge in [-0.05, 0) is 29.8 Å². The first kappa shape index (κ1) is 26.2. The summed E-state index contributed by atoms with van der Waals surface area (Å²) in [6.45, 7) is 7.91. The lowest BCUT2D eigenvalue weighted by Crippen LogP contribution is -2.00. The average Bonchev–Trinajstić information content (AvgIpc) is 3.08. The summed E-state index contributed by atoms with van der Waals surface area (Å²) in [5, 5.41) is 9.27. The maximum absolute atomic E-state index is 9.27. The Morgan fingerprint density at radius 2 is 1.00 bits per heavy atom. The summed E-state index contributed by atoms with van der Waals surface area (Å²) in [7, 11) is 0. The lowest BCUT2D eigenvalue weighted by molar-refractivity contribution is 1.07. The summed E-state index contributed by atoms with van der Waals surface area (Å²) < 4.78 is 0. The molecule has 198 valence electrons. The van der Waals surface area contributed by atoms with Gasteiger partial charge in [-0.25, -0.2) is 19.9 Å². The van der Waals surface area contributed by atoms with Crippen LogP contribution in [0, 0.1) is 11.3 Å². The minimum absolute atomic E-state index is 0.586. The molecule has 42 heavy (non-hydrogen) atoms. The van der Waals surface area contributed by atoms with Crippen LogP contribution >= 0.6 is 0 Å². The minimum atomic E-state index is 0.586. The topological polar surface area (TPSA) is 75.3 Å². The van der Waals surface area contributed by atoms with E-state index in [1.807, 2.05) is 109 Å². The summed E-state index contributed by atoms with van der Waals surface area (Å²) in [5.41, 5.74) is 8.57. The Morgan fingerprint density at radius 1 is 0.524 bits per heavy atom. The summed E-state index contributed by atoms with van der Waals surface area (Å²) >= 11 is 0. The van der Waals surface area contributed by atoms with Gasteiger partial charge in [0.2, 0.25) is 0 Å². The monoisotopic (exact) mass is 539 g/mol. The van der Waals surface area contributed by atoms with Crippen molar-refractivity contribution in [3.63, 3.8) is 0 Å². The molecule has 5 nitrogen and oxygen atoms in total. The van der Waals surface area contributed by atoms with Crippen molar-refractivity contribution in [1.82, 2.24) is 19.9 Å². The van der Waals surface area contributed by atoms with Crippen LogP contribution in [0.25, 0.3) is 68.7 Å². The van der Waals surface area contributed by atoms with Gasteiger partial charge in [-0.1, -0.05) is 116 Å². The molecule has 0 N–H and O–H groups in total. The molecule has 0 atom stereocenters. The number of hydrogen-bond donors (Lipinski definition) is 0. The molecule has 0 spiro atoms. The van der Waals surface area contributed by atoms with E-state index in [9.17, 15) is 5.26 Å². The third-order valence-electron chi connectivity index (χ3n) is 6.94. The normalized spacial score (nSPS) is 10.5. The van der Waals surface area contributed by atoms with Crippen LogP contribution in [0.5, 0.6) is 0 Å². The Kier molecular flexibility index (Phi) is 7.27. The van der Waals surface area contributed by atoms with Gasteiger partial charge in [-0.15, -0.1) is 0 Å². The van der Waals surface area contributed by atoms with Gasteiger partial charge in [-0.3, -0.25) is 0 Å². The van der Waals surface area contributed by atoms with Crippen LogP contribution in [0.2, 0.25) is 0 Å². The molecule has 2 heterocycles. The van der Waals surface area contributed by atoms with Gasteiger partial charge in [0, 0.05) is 33.4 Å². The molecule has 2 aromatic heterocycles. The first-order valence-electron chi connectivity index (χ1n) is 13.4. The highest BCUT2D eigenvalue weighted by atomic mass is 15.0. The second kappa shape index (κ2) is 11.6. The zero-order valence-electron chi connectivity index (χ0n) is 22.8. The molecule has 0 aliphatic rings. The van der Waals surface area contributed by atoms with E-state index in [-0.39, 0.29) is 0 Å². The standard InChI is InChI=1S/C37H25N5/c1-3-26-23-32(27-17-15-25(24-38)16-18-27)34(39-33(26)4-2)28-19-21-31(22-20-28)37-41-35(29-11-7-5-8-12-29)40-36(42-37)30-13-9-6-10-14-30/h3-23H,1-2H2. The van der Waals surface area contributed by atoms with Crippen molar-refractivity contribution in [3.05, 3.63) is 145 Å². The lowest BCUT2D eigenvalue weighted by atomic mass is 9.95. The Labute approximate surface area is 244 Å². The zero-order valence-corrected chi connectivity index (χ0v) is 22.8. The van der Waals surface area contributed by atoms with E-state index in [0.717, 1.165) is 50.3 Å². The highest BCUT2D eigenvalue weighted by molar-refractivity contribution is 5.85. The Hall–Kier alpha value is -5.99. The van der Waals surface area contributed by atoms with Crippen molar-refractivity contribution in [1.29, 1.82) is 5.26 Å². The van der Waals surface area contributed by atoms with Gasteiger partial charge in [0.1, 0.15) is 0 Å². The van der Waals surface area contributed by atoms with Gasteiger partial charge in [0.15, 0.2) is 17.5 Å². The fourth-order valence-electron chi connectivity index (χ4n) is 4.75. The van der Waals surface area contributed by atoms with Crippen molar-refractivity contribution in [2.24, 2.45) is 0 Å². The summed E-state index contributed by atoms with van der Waals surface area (Å²) in [6, 6.07) is 39.7. The molecular weight excluding hydrogens is 514 g/mol. The highest BCUT2D eigenvalue weighted by Gasteiger charge is 2.15. The predicted molar refractivity (Wildman–Crippen MR) is 170 cm³/mol. The second-order valence-corrected chi connectivity index (χ2v) is 9.57. The molecular formula is C37H25N5.